The Morgan fingerprint density at radius 1 is 1.00 bits per heavy atom. The van der Waals surface area contributed by atoms with Gasteiger partial charge in [0.05, 0.1) is 12.2 Å². The number of nitrogens with zero attached hydrogens (tertiary/aromatic N) is 2. The van der Waals surface area contributed by atoms with E-state index in [4.69, 9.17) is 4.74 Å². The SMILES string of the molecule is CCCCOC(=O)c1ccc(NC(=O)c2c(C(=O)Nc3cccc(C)c3C)sc3nc(C)cc(=O)n23)cc1. The van der Waals surface area contributed by atoms with Gasteiger partial charge in [0.1, 0.15) is 10.6 Å². The average molecular weight is 533 g/mol. The zero-order chi connectivity index (χ0) is 27.4. The minimum Gasteiger partial charge on any atom is -0.462 e. The summed E-state index contributed by atoms with van der Waals surface area (Å²) in [6.07, 6.45) is 1.69. The molecular formula is C28H28N4O5S. The molecule has 0 atom stereocenters. The number of ether oxygens (including phenoxy) is 1. The normalized spacial score (nSPS) is 10.8. The lowest BCUT2D eigenvalue weighted by Crippen LogP contribution is -2.25. The van der Waals surface area contributed by atoms with Crippen LogP contribution in [0.4, 0.5) is 11.4 Å². The maximum Gasteiger partial charge on any atom is 0.338 e. The van der Waals surface area contributed by atoms with Crippen LogP contribution in [0.2, 0.25) is 0 Å². The summed E-state index contributed by atoms with van der Waals surface area (Å²) in [5.74, 6) is -1.63. The zero-order valence-electron chi connectivity index (χ0n) is 21.6. The van der Waals surface area contributed by atoms with E-state index in [1.54, 1.807) is 37.3 Å². The number of unbranched alkanes of at least 4 members (excludes halogenated alkanes) is 1. The van der Waals surface area contributed by atoms with Crippen LogP contribution in [0, 0.1) is 20.8 Å². The molecule has 9 nitrogen and oxygen atoms in total. The van der Waals surface area contributed by atoms with E-state index in [0.717, 1.165) is 39.7 Å². The molecule has 38 heavy (non-hydrogen) atoms. The van der Waals surface area contributed by atoms with Crippen LogP contribution in [0.15, 0.2) is 53.3 Å². The Hall–Kier alpha value is -4.31. The second-order valence-corrected chi connectivity index (χ2v) is 9.83. The minimum absolute atomic E-state index is 0.0507. The van der Waals surface area contributed by atoms with Gasteiger partial charge in [-0.3, -0.25) is 14.4 Å². The monoisotopic (exact) mass is 532 g/mol. The summed E-state index contributed by atoms with van der Waals surface area (Å²) in [6, 6.07) is 13.1. The molecule has 2 aromatic carbocycles. The fourth-order valence-electron chi connectivity index (χ4n) is 3.78. The number of carbonyl (C=O) groups excluding carboxylic acids is 3. The Bertz CT molecular complexity index is 1590. The molecule has 4 aromatic rings. The molecule has 2 N–H and O–H groups in total. The molecule has 0 bridgehead atoms. The van der Waals surface area contributed by atoms with Gasteiger partial charge in [-0.1, -0.05) is 36.8 Å². The van der Waals surface area contributed by atoms with Crippen molar-refractivity contribution in [1.82, 2.24) is 9.38 Å². The van der Waals surface area contributed by atoms with Gasteiger partial charge in [-0.05, 0) is 68.7 Å². The van der Waals surface area contributed by atoms with Gasteiger partial charge in [0, 0.05) is 23.1 Å². The van der Waals surface area contributed by atoms with Crippen molar-refractivity contribution in [1.29, 1.82) is 0 Å². The van der Waals surface area contributed by atoms with Crippen molar-refractivity contribution in [2.45, 2.75) is 40.5 Å². The smallest absolute Gasteiger partial charge is 0.338 e. The molecule has 2 amide bonds. The minimum atomic E-state index is -0.659. The number of anilines is 2. The first-order chi connectivity index (χ1) is 18.2. The van der Waals surface area contributed by atoms with Gasteiger partial charge < -0.3 is 15.4 Å². The van der Waals surface area contributed by atoms with Crippen LogP contribution in [-0.2, 0) is 4.74 Å². The van der Waals surface area contributed by atoms with Gasteiger partial charge in [0.25, 0.3) is 17.4 Å². The quantitative estimate of drug-likeness (QED) is 0.240. The molecule has 0 aliphatic heterocycles. The van der Waals surface area contributed by atoms with Crippen molar-refractivity contribution in [3.63, 3.8) is 0 Å². The van der Waals surface area contributed by atoms with Crippen LogP contribution < -0.4 is 16.2 Å². The summed E-state index contributed by atoms with van der Waals surface area (Å²) in [7, 11) is 0. The first kappa shape index (κ1) is 26.7. The van der Waals surface area contributed by atoms with Crippen LogP contribution in [0.3, 0.4) is 0 Å². The fraction of sp³-hybridized carbons (Fsp3) is 0.250. The van der Waals surface area contributed by atoms with Gasteiger partial charge in [-0.2, -0.15) is 0 Å². The summed E-state index contributed by atoms with van der Waals surface area (Å²) in [4.78, 5) is 56.5. The summed E-state index contributed by atoms with van der Waals surface area (Å²) in [5, 5.41) is 5.58. The number of aryl methyl sites for hydroxylation is 2. The highest BCUT2D eigenvalue weighted by Crippen LogP contribution is 2.25. The van der Waals surface area contributed by atoms with E-state index in [0.29, 0.717) is 29.2 Å². The van der Waals surface area contributed by atoms with Crippen LogP contribution in [0.25, 0.3) is 4.96 Å². The molecule has 0 spiro atoms. The second-order valence-electron chi connectivity index (χ2n) is 8.86. The number of rotatable bonds is 8. The molecule has 0 saturated carbocycles. The van der Waals surface area contributed by atoms with Gasteiger partial charge >= 0.3 is 5.97 Å². The standard InChI is InChI=1S/C28H28N4O5S/c1-5-6-14-37-27(36)19-10-12-20(13-11-19)30-25(34)23-24(38-28-29-17(3)15-22(33)32(23)28)26(35)31-21-9-7-8-16(2)18(21)4/h7-13,15H,5-6,14H2,1-4H3,(H,30,34)(H,31,35). The van der Waals surface area contributed by atoms with E-state index in [2.05, 4.69) is 15.6 Å². The van der Waals surface area contributed by atoms with Crippen molar-refractivity contribution < 1.29 is 19.1 Å². The van der Waals surface area contributed by atoms with Crippen molar-refractivity contribution in [2.24, 2.45) is 0 Å². The predicted octanol–water partition coefficient (Wildman–Crippen LogP) is 5.14. The van der Waals surface area contributed by atoms with E-state index in [1.165, 1.54) is 6.07 Å². The number of hydrogen-bond acceptors (Lipinski definition) is 7. The third-order valence-electron chi connectivity index (χ3n) is 6.03. The predicted molar refractivity (Wildman–Crippen MR) is 148 cm³/mol. The van der Waals surface area contributed by atoms with Crippen LogP contribution >= 0.6 is 11.3 Å². The third kappa shape index (κ3) is 5.65. The van der Waals surface area contributed by atoms with Gasteiger partial charge in [0.15, 0.2) is 4.96 Å². The maximum atomic E-state index is 13.5. The van der Waals surface area contributed by atoms with Crippen LogP contribution in [0.1, 0.15) is 67.1 Å². The van der Waals surface area contributed by atoms with Crippen LogP contribution in [0.5, 0.6) is 0 Å². The first-order valence-electron chi connectivity index (χ1n) is 12.2. The van der Waals surface area contributed by atoms with Crippen molar-refractivity contribution in [2.75, 3.05) is 17.2 Å². The molecule has 0 unspecified atom stereocenters. The third-order valence-corrected chi connectivity index (χ3v) is 7.07. The van der Waals surface area contributed by atoms with E-state index < -0.39 is 23.3 Å². The molecule has 196 valence electrons. The van der Waals surface area contributed by atoms with E-state index >= 15 is 0 Å². The zero-order valence-corrected chi connectivity index (χ0v) is 22.4. The molecule has 0 aliphatic carbocycles. The highest BCUT2D eigenvalue weighted by Gasteiger charge is 2.26. The van der Waals surface area contributed by atoms with Gasteiger partial charge in [0.2, 0.25) is 0 Å². The highest BCUT2D eigenvalue weighted by molar-refractivity contribution is 7.19. The molecule has 0 aliphatic rings. The van der Waals surface area contributed by atoms with Crippen molar-refractivity contribution >= 4 is 45.5 Å². The second kappa shape index (κ2) is 11.4. The molecule has 10 heteroatoms. The van der Waals surface area contributed by atoms with Crippen molar-refractivity contribution in [3.05, 3.63) is 91.8 Å². The van der Waals surface area contributed by atoms with Crippen LogP contribution in [-0.4, -0.2) is 33.8 Å². The Kier molecular flexibility index (Phi) is 8.02. The Balaban J connectivity index is 1.66. The topological polar surface area (TPSA) is 119 Å². The van der Waals surface area contributed by atoms with Gasteiger partial charge in [-0.25, -0.2) is 14.2 Å². The van der Waals surface area contributed by atoms with E-state index in [-0.39, 0.29) is 15.5 Å². The summed E-state index contributed by atoms with van der Waals surface area (Å²) < 4.78 is 6.35. The maximum absolute atomic E-state index is 13.5. The number of aromatic nitrogens is 2. The first-order valence-corrected chi connectivity index (χ1v) is 13.0. The molecule has 4 rings (SSSR count). The molecule has 2 aromatic heterocycles. The lowest BCUT2D eigenvalue weighted by Gasteiger charge is -2.11. The largest absolute Gasteiger partial charge is 0.462 e. The lowest BCUT2D eigenvalue weighted by molar-refractivity contribution is 0.0499. The Labute approximate surface area is 223 Å². The molecular weight excluding hydrogens is 504 g/mol. The molecule has 0 radical (unpaired) electrons. The summed E-state index contributed by atoms with van der Waals surface area (Å²) in [5.41, 5.74) is 3.13. The lowest BCUT2D eigenvalue weighted by atomic mass is 10.1. The van der Waals surface area contributed by atoms with E-state index in [1.807, 2.05) is 32.9 Å². The highest BCUT2D eigenvalue weighted by atomic mass is 32.1. The number of esters is 1. The van der Waals surface area contributed by atoms with E-state index in [9.17, 15) is 19.2 Å². The molecule has 2 heterocycles. The number of carbonyl (C=O) groups is 3. The number of nitrogens with one attached hydrogen (secondary N) is 2. The number of thiazole rings is 1. The summed E-state index contributed by atoms with van der Waals surface area (Å²) >= 11 is 0.962. The fourth-order valence-corrected chi connectivity index (χ4v) is 4.85. The Morgan fingerprint density at radius 3 is 2.45 bits per heavy atom. The molecule has 0 fully saturated rings. The molecule has 0 saturated heterocycles. The number of hydrogen-bond donors (Lipinski definition) is 2. The average Bonchev–Trinajstić information content (AvgIpc) is 3.27. The van der Waals surface area contributed by atoms with Crippen molar-refractivity contribution in [3.8, 4) is 0 Å². The summed E-state index contributed by atoms with van der Waals surface area (Å²) in [6.45, 7) is 7.85. The number of amides is 2. The number of fused-ring (bicyclic) bond motifs is 1. The van der Waals surface area contributed by atoms with Gasteiger partial charge in [-0.15, -0.1) is 0 Å². The number of benzene rings is 2. The Morgan fingerprint density at radius 2 is 1.74 bits per heavy atom.